The summed E-state index contributed by atoms with van der Waals surface area (Å²) < 4.78 is 16.0. The Morgan fingerprint density at radius 3 is 2.53 bits per heavy atom. The maximum absolute atomic E-state index is 12.1. The van der Waals surface area contributed by atoms with Crippen LogP contribution in [0.1, 0.15) is 31.2 Å². The molecule has 2 N–H and O–H groups in total. The Morgan fingerprint density at radius 1 is 1.07 bits per heavy atom. The molecule has 0 radical (unpaired) electrons. The number of benzene rings is 1. The molecule has 0 aliphatic heterocycles. The first-order valence-electron chi connectivity index (χ1n) is 9.89. The SMILES string of the molecule is COc1cncc(OC2CCC(NC(=O)CNC(=O)OCc3ccccc3)CC2)n1. The van der Waals surface area contributed by atoms with E-state index in [4.69, 9.17) is 14.2 Å². The highest BCUT2D eigenvalue weighted by atomic mass is 16.5. The van der Waals surface area contributed by atoms with E-state index in [1.807, 2.05) is 30.3 Å². The molecule has 0 bridgehead atoms. The first-order chi connectivity index (χ1) is 14.6. The van der Waals surface area contributed by atoms with Crippen LogP contribution >= 0.6 is 0 Å². The fourth-order valence-electron chi connectivity index (χ4n) is 3.19. The largest absolute Gasteiger partial charge is 0.480 e. The Kier molecular flexibility index (Phi) is 7.82. The van der Waals surface area contributed by atoms with Gasteiger partial charge < -0.3 is 24.8 Å². The van der Waals surface area contributed by atoms with Crippen molar-refractivity contribution < 1.29 is 23.8 Å². The van der Waals surface area contributed by atoms with Gasteiger partial charge in [-0.2, -0.15) is 4.98 Å². The van der Waals surface area contributed by atoms with E-state index in [0.717, 1.165) is 31.2 Å². The van der Waals surface area contributed by atoms with Gasteiger partial charge in [0.05, 0.1) is 19.5 Å². The van der Waals surface area contributed by atoms with Crippen LogP contribution < -0.4 is 20.1 Å². The Morgan fingerprint density at radius 2 is 1.80 bits per heavy atom. The fraction of sp³-hybridized carbons (Fsp3) is 0.429. The third kappa shape index (κ3) is 6.91. The van der Waals surface area contributed by atoms with Gasteiger partial charge in [0, 0.05) is 6.04 Å². The van der Waals surface area contributed by atoms with Gasteiger partial charge in [0.1, 0.15) is 19.3 Å². The molecule has 3 rings (SSSR count). The van der Waals surface area contributed by atoms with E-state index in [0.29, 0.717) is 11.8 Å². The van der Waals surface area contributed by atoms with Crippen molar-refractivity contribution in [1.29, 1.82) is 0 Å². The van der Waals surface area contributed by atoms with E-state index in [2.05, 4.69) is 20.6 Å². The second-order valence-electron chi connectivity index (χ2n) is 6.97. The van der Waals surface area contributed by atoms with Crippen LogP contribution in [0.3, 0.4) is 0 Å². The van der Waals surface area contributed by atoms with Crippen molar-refractivity contribution in [3.63, 3.8) is 0 Å². The number of carbonyl (C=O) groups excluding carboxylic acids is 2. The van der Waals surface area contributed by atoms with Crippen molar-refractivity contribution in [3.05, 3.63) is 48.3 Å². The standard InChI is InChI=1S/C21H26N4O5/c1-28-19-12-22-13-20(25-19)30-17-9-7-16(8-10-17)24-18(26)11-23-21(27)29-14-15-5-3-2-4-6-15/h2-6,12-13,16-17H,7-11,14H2,1H3,(H,23,27)(H,24,26). The summed E-state index contributed by atoms with van der Waals surface area (Å²) >= 11 is 0. The highest BCUT2D eigenvalue weighted by molar-refractivity contribution is 5.82. The number of aromatic nitrogens is 2. The van der Waals surface area contributed by atoms with Crippen LogP contribution in [0.25, 0.3) is 0 Å². The molecule has 2 aromatic rings. The summed E-state index contributed by atoms with van der Waals surface area (Å²) in [7, 11) is 1.53. The molecule has 0 saturated heterocycles. The van der Waals surface area contributed by atoms with Crippen LogP contribution in [0.2, 0.25) is 0 Å². The number of amides is 2. The summed E-state index contributed by atoms with van der Waals surface area (Å²) in [6.45, 7) is 0.0411. The van der Waals surface area contributed by atoms with E-state index < -0.39 is 6.09 Å². The summed E-state index contributed by atoms with van der Waals surface area (Å²) in [6.07, 6.45) is 5.62. The van der Waals surface area contributed by atoms with E-state index in [1.165, 1.54) is 13.3 Å². The van der Waals surface area contributed by atoms with Crippen molar-refractivity contribution in [2.75, 3.05) is 13.7 Å². The lowest BCUT2D eigenvalue weighted by molar-refractivity contribution is -0.121. The third-order valence-electron chi connectivity index (χ3n) is 4.73. The second-order valence-corrected chi connectivity index (χ2v) is 6.97. The zero-order chi connectivity index (χ0) is 21.2. The molecule has 1 saturated carbocycles. The monoisotopic (exact) mass is 414 g/mol. The molecule has 0 spiro atoms. The number of hydrogen-bond acceptors (Lipinski definition) is 7. The molecule has 0 atom stereocenters. The van der Waals surface area contributed by atoms with Crippen LogP contribution in [-0.2, 0) is 16.1 Å². The lowest BCUT2D eigenvalue weighted by atomic mass is 9.93. The molecule has 1 aromatic carbocycles. The average molecular weight is 414 g/mol. The predicted molar refractivity (Wildman–Crippen MR) is 108 cm³/mol. The number of rotatable bonds is 8. The van der Waals surface area contributed by atoms with Crippen molar-refractivity contribution in [2.24, 2.45) is 0 Å². The van der Waals surface area contributed by atoms with Gasteiger partial charge in [-0.3, -0.25) is 9.78 Å². The third-order valence-corrected chi connectivity index (χ3v) is 4.73. The number of carbonyl (C=O) groups is 2. The van der Waals surface area contributed by atoms with Crippen molar-refractivity contribution in [2.45, 2.75) is 44.4 Å². The minimum absolute atomic E-state index is 0.0191. The smallest absolute Gasteiger partial charge is 0.407 e. The topological polar surface area (TPSA) is 112 Å². The van der Waals surface area contributed by atoms with Gasteiger partial charge in [0.2, 0.25) is 17.7 Å². The van der Waals surface area contributed by atoms with E-state index in [1.54, 1.807) is 6.20 Å². The first-order valence-corrected chi connectivity index (χ1v) is 9.89. The molecule has 30 heavy (non-hydrogen) atoms. The molecule has 160 valence electrons. The molecular weight excluding hydrogens is 388 g/mol. The summed E-state index contributed by atoms with van der Waals surface area (Å²) in [5.74, 6) is 0.595. The fourth-order valence-corrected chi connectivity index (χ4v) is 3.19. The van der Waals surface area contributed by atoms with Crippen LogP contribution in [0.15, 0.2) is 42.7 Å². The normalized spacial score (nSPS) is 18.2. The Bertz CT molecular complexity index is 825. The quantitative estimate of drug-likeness (QED) is 0.681. The van der Waals surface area contributed by atoms with Crippen molar-refractivity contribution >= 4 is 12.0 Å². The first kappa shape index (κ1) is 21.4. The van der Waals surface area contributed by atoms with Gasteiger partial charge in [-0.1, -0.05) is 30.3 Å². The van der Waals surface area contributed by atoms with Gasteiger partial charge in [-0.15, -0.1) is 0 Å². The Balaban J connectivity index is 1.31. The lowest BCUT2D eigenvalue weighted by Crippen LogP contribution is -2.44. The molecule has 1 heterocycles. The molecule has 9 heteroatoms. The summed E-state index contributed by atoms with van der Waals surface area (Å²) in [5, 5.41) is 5.41. The maximum Gasteiger partial charge on any atom is 0.407 e. The number of nitrogens with one attached hydrogen (secondary N) is 2. The molecule has 0 unspecified atom stereocenters. The Hall–Kier alpha value is -3.36. The van der Waals surface area contributed by atoms with Gasteiger partial charge >= 0.3 is 6.09 Å². The highest BCUT2D eigenvalue weighted by Crippen LogP contribution is 2.23. The van der Waals surface area contributed by atoms with Gasteiger partial charge in [0.25, 0.3) is 0 Å². The summed E-state index contributed by atoms with van der Waals surface area (Å²) in [5.41, 5.74) is 0.885. The summed E-state index contributed by atoms with van der Waals surface area (Å²) in [4.78, 5) is 32.0. The van der Waals surface area contributed by atoms with Gasteiger partial charge in [-0.05, 0) is 31.2 Å². The van der Waals surface area contributed by atoms with E-state index in [-0.39, 0.29) is 31.2 Å². The van der Waals surface area contributed by atoms with Gasteiger partial charge in [0.15, 0.2) is 0 Å². The maximum atomic E-state index is 12.1. The van der Waals surface area contributed by atoms with Crippen molar-refractivity contribution in [1.82, 2.24) is 20.6 Å². The number of alkyl carbamates (subject to hydrolysis) is 1. The molecule has 2 amide bonds. The highest BCUT2D eigenvalue weighted by Gasteiger charge is 2.24. The zero-order valence-corrected chi connectivity index (χ0v) is 16.9. The van der Waals surface area contributed by atoms with Gasteiger partial charge in [-0.25, -0.2) is 4.79 Å². The molecule has 1 aliphatic rings. The molecule has 1 aromatic heterocycles. The molecule has 1 fully saturated rings. The van der Waals surface area contributed by atoms with Crippen LogP contribution in [-0.4, -0.2) is 47.8 Å². The minimum Gasteiger partial charge on any atom is -0.480 e. The molecule has 1 aliphatic carbocycles. The number of ether oxygens (including phenoxy) is 3. The molecule has 9 nitrogen and oxygen atoms in total. The lowest BCUT2D eigenvalue weighted by Gasteiger charge is -2.29. The summed E-state index contributed by atoms with van der Waals surface area (Å²) in [6, 6.07) is 9.40. The molecular formula is C21H26N4O5. The van der Waals surface area contributed by atoms with Crippen LogP contribution in [0.5, 0.6) is 11.8 Å². The zero-order valence-electron chi connectivity index (χ0n) is 16.9. The van der Waals surface area contributed by atoms with E-state index in [9.17, 15) is 9.59 Å². The second kappa shape index (κ2) is 11.0. The van der Waals surface area contributed by atoms with E-state index >= 15 is 0 Å². The van der Waals surface area contributed by atoms with Crippen LogP contribution in [0, 0.1) is 0 Å². The van der Waals surface area contributed by atoms with Crippen LogP contribution in [0.4, 0.5) is 4.79 Å². The number of methoxy groups -OCH3 is 1. The minimum atomic E-state index is -0.620. The predicted octanol–water partition coefficient (Wildman–Crippen LogP) is 2.22. The number of hydrogen-bond donors (Lipinski definition) is 2. The Labute approximate surface area is 175 Å². The van der Waals surface area contributed by atoms with Crippen molar-refractivity contribution in [3.8, 4) is 11.8 Å². The number of nitrogens with zero attached hydrogens (tertiary/aromatic N) is 2. The average Bonchev–Trinajstić information content (AvgIpc) is 2.78.